The van der Waals surface area contributed by atoms with Gasteiger partial charge < -0.3 is 25.0 Å². The van der Waals surface area contributed by atoms with Gasteiger partial charge in [-0.1, -0.05) is 0 Å². The first kappa shape index (κ1) is 26.6. The summed E-state index contributed by atoms with van der Waals surface area (Å²) in [6.07, 6.45) is 2.21. The topological polar surface area (TPSA) is 138 Å². The zero-order valence-electron chi connectivity index (χ0n) is 22.6. The van der Waals surface area contributed by atoms with Crippen LogP contribution < -0.4 is 15.5 Å². The number of rotatable bonds is 5. The van der Waals surface area contributed by atoms with E-state index in [1.54, 1.807) is 41.0 Å². The van der Waals surface area contributed by atoms with E-state index in [0.717, 1.165) is 22.6 Å². The molecule has 1 saturated heterocycles. The van der Waals surface area contributed by atoms with Crippen LogP contribution in [0.25, 0.3) is 11.4 Å². The molecule has 1 aromatic carbocycles. The Hall–Kier alpha value is -4.03. The van der Waals surface area contributed by atoms with Crippen molar-refractivity contribution in [2.75, 3.05) is 41.8 Å². The molecular formula is C27H34N8O4. The highest BCUT2D eigenvalue weighted by atomic mass is 16.5. The number of ether oxygens (including phenoxy) is 1. The molecule has 2 aliphatic heterocycles. The summed E-state index contributed by atoms with van der Waals surface area (Å²) in [5.41, 5.74) is 1.73. The third-order valence-electron chi connectivity index (χ3n) is 6.96. The molecule has 2 aromatic heterocycles. The molecule has 206 valence electrons. The van der Waals surface area contributed by atoms with Gasteiger partial charge in [0.1, 0.15) is 17.2 Å². The second-order valence-corrected chi connectivity index (χ2v) is 10.4. The third-order valence-corrected chi connectivity index (χ3v) is 6.96. The number of nitrogens with one attached hydrogen (secondary N) is 2. The second kappa shape index (κ2) is 10.6. The Balaban J connectivity index is 1.42. The van der Waals surface area contributed by atoms with E-state index in [1.165, 1.54) is 13.8 Å². The molecule has 1 atom stereocenters. The predicted octanol–water partition coefficient (Wildman–Crippen LogP) is 2.40. The SMILES string of the molecule is C[C@H]1COCCN1c1nc(-c2ccc(NC(=O)Nc3ccnn3C)cc2)nc2c1CCN(C(=O)C(C)(C)O)C2. The zero-order valence-corrected chi connectivity index (χ0v) is 22.6. The van der Waals surface area contributed by atoms with Crippen molar-refractivity contribution < 1.29 is 19.4 Å². The van der Waals surface area contributed by atoms with Crippen LogP contribution in [0.3, 0.4) is 0 Å². The first-order valence-electron chi connectivity index (χ1n) is 13.0. The molecule has 3 amide bonds. The van der Waals surface area contributed by atoms with Crippen LogP contribution in [0.5, 0.6) is 0 Å². The lowest BCUT2D eigenvalue weighted by atomic mass is 10.0. The van der Waals surface area contributed by atoms with E-state index in [1.807, 2.05) is 12.1 Å². The molecule has 0 radical (unpaired) electrons. The summed E-state index contributed by atoms with van der Waals surface area (Å²) >= 11 is 0. The van der Waals surface area contributed by atoms with Gasteiger partial charge in [-0.15, -0.1) is 0 Å². The highest BCUT2D eigenvalue weighted by Gasteiger charge is 2.34. The van der Waals surface area contributed by atoms with E-state index < -0.39 is 5.60 Å². The number of benzene rings is 1. The van der Waals surface area contributed by atoms with Gasteiger partial charge in [-0.25, -0.2) is 14.8 Å². The second-order valence-electron chi connectivity index (χ2n) is 10.4. The number of aliphatic hydroxyl groups is 1. The van der Waals surface area contributed by atoms with Crippen LogP contribution in [0.1, 0.15) is 32.0 Å². The van der Waals surface area contributed by atoms with Crippen molar-refractivity contribution in [2.24, 2.45) is 7.05 Å². The molecule has 39 heavy (non-hydrogen) atoms. The van der Waals surface area contributed by atoms with Crippen molar-refractivity contribution in [3.8, 4) is 11.4 Å². The molecule has 2 aliphatic rings. The Morgan fingerprint density at radius 2 is 1.87 bits per heavy atom. The quantitative estimate of drug-likeness (QED) is 0.454. The molecular weight excluding hydrogens is 500 g/mol. The van der Waals surface area contributed by atoms with Crippen molar-refractivity contribution in [1.29, 1.82) is 0 Å². The van der Waals surface area contributed by atoms with Crippen molar-refractivity contribution in [3.05, 3.63) is 47.8 Å². The van der Waals surface area contributed by atoms with Gasteiger partial charge >= 0.3 is 6.03 Å². The fourth-order valence-corrected chi connectivity index (χ4v) is 4.86. The number of carbonyl (C=O) groups is 2. The molecule has 12 heteroatoms. The first-order chi connectivity index (χ1) is 18.6. The van der Waals surface area contributed by atoms with Crippen molar-refractivity contribution >= 4 is 29.3 Å². The summed E-state index contributed by atoms with van der Waals surface area (Å²) in [7, 11) is 1.74. The minimum absolute atomic E-state index is 0.145. The number of fused-ring (bicyclic) bond motifs is 1. The number of hydrogen-bond acceptors (Lipinski definition) is 8. The van der Waals surface area contributed by atoms with Crippen LogP contribution in [-0.2, 0) is 29.5 Å². The predicted molar refractivity (Wildman–Crippen MR) is 146 cm³/mol. The van der Waals surface area contributed by atoms with Crippen molar-refractivity contribution in [3.63, 3.8) is 0 Å². The maximum Gasteiger partial charge on any atom is 0.324 e. The van der Waals surface area contributed by atoms with E-state index in [2.05, 4.69) is 27.6 Å². The highest BCUT2D eigenvalue weighted by molar-refractivity contribution is 5.99. The van der Waals surface area contributed by atoms with Crippen LogP contribution in [0, 0.1) is 0 Å². The molecule has 1 fully saturated rings. The molecule has 5 rings (SSSR count). The van der Waals surface area contributed by atoms with Gasteiger partial charge in [0.25, 0.3) is 5.91 Å². The van der Waals surface area contributed by atoms with Gasteiger partial charge in [0.05, 0.1) is 37.7 Å². The smallest absolute Gasteiger partial charge is 0.324 e. The van der Waals surface area contributed by atoms with Crippen molar-refractivity contribution in [2.45, 2.75) is 45.4 Å². The van der Waals surface area contributed by atoms with Crippen LogP contribution in [-0.4, -0.2) is 79.6 Å². The van der Waals surface area contributed by atoms with Gasteiger partial charge in [0.2, 0.25) is 0 Å². The fraction of sp³-hybridized carbons (Fsp3) is 0.444. The normalized spacial score (nSPS) is 17.5. The summed E-state index contributed by atoms with van der Waals surface area (Å²) in [6, 6.07) is 8.78. The molecule has 0 spiro atoms. The Morgan fingerprint density at radius 1 is 1.10 bits per heavy atom. The average Bonchev–Trinajstić information content (AvgIpc) is 3.31. The minimum atomic E-state index is -1.46. The number of nitrogens with zero attached hydrogens (tertiary/aromatic N) is 6. The molecule has 0 bridgehead atoms. The number of aryl methyl sites for hydroxylation is 1. The van der Waals surface area contributed by atoms with Crippen LogP contribution in [0.2, 0.25) is 0 Å². The lowest BCUT2D eigenvalue weighted by Crippen LogP contribution is -2.48. The number of aromatic nitrogens is 4. The Bertz CT molecular complexity index is 1370. The zero-order chi connectivity index (χ0) is 27.7. The van der Waals surface area contributed by atoms with Crippen LogP contribution in [0.15, 0.2) is 36.5 Å². The molecule has 4 heterocycles. The average molecular weight is 535 g/mol. The van der Waals surface area contributed by atoms with Gasteiger partial charge in [-0.3, -0.25) is 14.8 Å². The first-order valence-corrected chi connectivity index (χ1v) is 13.0. The monoisotopic (exact) mass is 534 g/mol. The van der Waals surface area contributed by atoms with Gasteiger partial charge in [0.15, 0.2) is 5.82 Å². The van der Waals surface area contributed by atoms with E-state index in [9.17, 15) is 14.7 Å². The molecule has 12 nitrogen and oxygen atoms in total. The lowest BCUT2D eigenvalue weighted by molar-refractivity contribution is -0.148. The summed E-state index contributed by atoms with van der Waals surface area (Å²) in [4.78, 5) is 39.0. The van der Waals surface area contributed by atoms with Crippen molar-refractivity contribution in [1.82, 2.24) is 24.6 Å². The molecule has 0 unspecified atom stereocenters. The van der Waals surface area contributed by atoms with E-state index in [0.29, 0.717) is 56.6 Å². The maximum atomic E-state index is 12.8. The number of carbonyl (C=O) groups excluding carboxylic acids is 2. The molecule has 3 aromatic rings. The lowest BCUT2D eigenvalue weighted by Gasteiger charge is -2.38. The Kier molecular flexibility index (Phi) is 7.23. The highest BCUT2D eigenvalue weighted by Crippen LogP contribution is 2.32. The number of urea groups is 1. The van der Waals surface area contributed by atoms with E-state index >= 15 is 0 Å². The summed E-state index contributed by atoms with van der Waals surface area (Å²) in [5, 5.41) is 19.9. The molecule has 0 aliphatic carbocycles. The van der Waals surface area contributed by atoms with Crippen LogP contribution >= 0.6 is 0 Å². The number of hydrogen-bond donors (Lipinski definition) is 3. The minimum Gasteiger partial charge on any atom is -0.381 e. The standard InChI is InChI=1S/C27H34N8O4/c1-17-16-39-14-13-35(17)24-20-10-12-34(25(36)27(2,3)38)15-21(20)30-23(32-24)18-5-7-19(8-6-18)29-26(37)31-22-9-11-28-33(22)4/h5-9,11,17,38H,10,12-16H2,1-4H3,(H2,29,31,37)/t17-/m0/s1. The van der Waals surface area contributed by atoms with Gasteiger partial charge in [-0.05, 0) is 51.5 Å². The number of amides is 3. The van der Waals surface area contributed by atoms with E-state index in [-0.39, 0.29) is 18.0 Å². The molecule has 0 saturated carbocycles. The summed E-state index contributed by atoms with van der Waals surface area (Å²) in [5.74, 6) is 1.65. The third kappa shape index (κ3) is 5.71. The maximum absolute atomic E-state index is 12.8. The van der Waals surface area contributed by atoms with Gasteiger partial charge in [0, 0.05) is 43.0 Å². The van der Waals surface area contributed by atoms with E-state index in [4.69, 9.17) is 14.7 Å². The molecule has 3 N–H and O–H groups in total. The number of anilines is 3. The summed E-state index contributed by atoms with van der Waals surface area (Å²) < 4.78 is 7.22. The fourth-order valence-electron chi connectivity index (χ4n) is 4.86. The Labute approximate surface area is 227 Å². The summed E-state index contributed by atoms with van der Waals surface area (Å²) in [6.45, 7) is 7.84. The largest absolute Gasteiger partial charge is 0.381 e. The van der Waals surface area contributed by atoms with Gasteiger partial charge in [-0.2, -0.15) is 5.10 Å². The van der Waals surface area contributed by atoms with Crippen LogP contribution in [0.4, 0.5) is 22.1 Å². The number of morpholine rings is 1. The Morgan fingerprint density at radius 3 is 2.54 bits per heavy atom.